The molecular formula is C14H17ClN2OS. The van der Waals surface area contributed by atoms with Crippen molar-refractivity contribution in [1.29, 1.82) is 0 Å². The summed E-state index contributed by atoms with van der Waals surface area (Å²) in [6.07, 6.45) is 1.88. The fraction of sp³-hybridized carbons (Fsp3) is 0.286. The largest absolute Gasteiger partial charge is 0.496 e. The van der Waals surface area contributed by atoms with Gasteiger partial charge in [-0.05, 0) is 47.4 Å². The van der Waals surface area contributed by atoms with Crippen molar-refractivity contribution in [2.45, 2.75) is 18.9 Å². The maximum atomic E-state index is 5.97. The SMILES string of the molecule is COc1cc(Cl)ccc1C(CCc1ccsc1)NN. The van der Waals surface area contributed by atoms with Crippen LogP contribution in [0.3, 0.4) is 0 Å². The third-order valence-electron chi connectivity index (χ3n) is 3.07. The van der Waals surface area contributed by atoms with Crippen molar-refractivity contribution in [3.63, 3.8) is 0 Å². The molecule has 1 atom stereocenters. The fourth-order valence-electron chi connectivity index (χ4n) is 2.05. The van der Waals surface area contributed by atoms with E-state index < -0.39 is 0 Å². The van der Waals surface area contributed by atoms with Crippen molar-refractivity contribution >= 4 is 22.9 Å². The monoisotopic (exact) mass is 296 g/mol. The zero-order valence-corrected chi connectivity index (χ0v) is 12.3. The molecule has 102 valence electrons. The van der Waals surface area contributed by atoms with Crippen LogP contribution in [-0.2, 0) is 6.42 Å². The first-order chi connectivity index (χ1) is 9.24. The Morgan fingerprint density at radius 2 is 2.26 bits per heavy atom. The molecule has 0 spiro atoms. The van der Waals surface area contributed by atoms with Crippen LogP contribution in [0.2, 0.25) is 5.02 Å². The van der Waals surface area contributed by atoms with Gasteiger partial charge in [-0.3, -0.25) is 11.3 Å². The Balaban J connectivity index is 2.12. The van der Waals surface area contributed by atoms with Crippen molar-refractivity contribution in [3.8, 4) is 5.75 Å². The number of methoxy groups -OCH3 is 1. The number of nitrogens with one attached hydrogen (secondary N) is 1. The van der Waals surface area contributed by atoms with Crippen LogP contribution in [0.15, 0.2) is 35.0 Å². The van der Waals surface area contributed by atoms with E-state index in [2.05, 4.69) is 22.3 Å². The quantitative estimate of drug-likeness (QED) is 0.633. The normalized spacial score (nSPS) is 12.4. The van der Waals surface area contributed by atoms with Gasteiger partial charge in [0.1, 0.15) is 5.75 Å². The van der Waals surface area contributed by atoms with E-state index in [1.807, 2.05) is 18.2 Å². The second-order valence-corrected chi connectivity index (χ2v) is 5.49. The molecule has 1 unspecified atom stereocenters. The van der Waals surface area contributed by atoms with Gasteiger partial charge in [0, 0.05) is 16.6 Å². The summed E-state index contributed by atoms with van der Waals surface area (Å²) in [6, 6.07) is 7.81. The lowest BCUT2D eigenvalue weighted by molar-refractivity contribution is 0.396. The van der Waals surface area contributed by atoms with Gasteiger partial charge in [0.15, 0.2) is 0 Å². The maximum Gasteiger partial charge on any atom is 0.125 e. The molecule has 0 aliphatic carbocycles. The molecule has 2 rings (SSSR count). The van der Waals surface area contributed by atoms with E-state index in [9.17, 15) is 0 Å². The first-order valence-electron chi connectivity index (χ1n) is 6.05. The minimum atomic E-state index is 0.0483. The number of halogens is 1. The summed E-state index contributed by atoms with van der Waals surface area (Å²) in [5.41, 5.74) is 5.22. The van der Waals surface area contributed by atoms with Gasteiger partial charge < -0.3 is 4.74 Å². The van der Waals surface area contributed by atoms with Crippen LogP contribution < -0.4 is 16.0 Å². The highest BCUT2D eigenvalue weighted by molar-refractivity contribution is 7.07. The summed E-state index contributed by atoms with van der Waals surface area (Å²) >= 11 is 7.68. The van der Waals surface area contributed by atoms with Crippen LogP contribution >= 0.6 is 22.9 Å². The van der Waals surface area contributed by atoms with E-state index in [0.717, 1.165) is 24.2 Å². The van der Waals surface area contributed by atoms with Crippen molar-refractivity contribution < 1.29 is 4.74 Å². The number of aryl methyl sites for hydroxylation is 1. The molecule has 0 aliphatic heterocycles. The van der Waals surface area contributed by atoms with Gasteiger partial charge in [0.2, 0.25) is 0 Å². The molecule has 0 fully saturated rings. The number of nitrogens with two attached hydrogens (primary N) is 1. The molecule has 3 N–H and O–H groups in total. The molecular weight excluding hydrogens is 280 g/mol. The van der Waals surface area contributed by atoms with Gasteiger partial charge in [0.25, 0.3) is 0 Å². The summed E-state index contributed by atoms with van der Waals surface area (Å²) in [4.78, 5) is 0. The van der Waals surface area contributed by atoms with E-state index in [4.69, 9.17) is 22.2 Å². The first kappa shape index (κ1) is 14.3. The third-order valence-corrected chi connectivity index (χ3v) is 4.04. The Labute approximate surface area is 122 Å². The second kappa shape index (κ2) is 6.91. The number of benzene rings is 1. The van der Waals surface area contributed by atoms with Crippen LogP contribution in [0, 0.1) is 0 Å². The van der Waals surface area contributed by atoms with E-state index in [1.54, 1.807) is 18.4 Å². The molecule has 19 heavy (non-hydrogen) atoms. The highest BCUT2D eigenvalue weighted by atomic mass is 35.5. The lowest BCUT2D eigenvalue weighted by Gasteiger charge is -2.19. The fourth-order valence-corrected chi connectivity index (χ4v) is 2.91. The molecule has 0 amide bonds. The maximum absolute atomic E-state index is 5.97. The van der Waals surface area contributed by atoms with Crippen LogP contribution in [-0.4, -0.2) is 7.11 Å². The van der Waals surface area contributed by atoms with E-state index in [-0.39, 0.29) is 6.04 Å². The number of rotatable bonds is 6. The highest BCUT2D eigenvalue weighted by Gasteiger charge is 2.15. The number of ether oxygens (including phenoxy) is 1. The average Bonchev–Trinajstić information content (AvgIpc) is 2.93. The predicted octanol–water partition coefficient (Wildman–Crippen LogP) is 3.55. The van der Waals surface area contributed by atoms with Crippen molar-refractivity contribution in [3.05, 3.63) is 51.2 Å². The van der Waals surface area contributed by atoms with Crippen LogP contribution in [0.1, 0.15) is 23.6 Å². The van der Waals surface area contributed by atoms with E-state index >= 15 is 0 Å². The zero-order chi connectivity index (χ0) is 13.7. The molecule has 3 nitrogen and oxygen atoms in total. The molecule has 0 aliphatic rings. The number of hydrogen-bond acceptors (Lipinski definition) is 4. The van der Waals surface area contributed by atoms with Crippen molar-refractivity contribution in [2.75, 3.05) is 7.11 Å². The van der Waals surface area contributed by atoms with Gasteiger partial charge in [-0.15, -0.1) is 0 Å². The Bertz CT molecular complexity index is 516. The molecule has 1 aromatic carbocycles. The standard InChI is InChI=1S/C14H17ClN2OS/c1-18-14-8-11(15)3-4-12(14)13(17-16)5-2-10-6-7-19-9-10/h3-4,6-9,13,17H,2,5,16H2,1H3. The Kier molecular flexibility index (Phi) is 5.22. The molecule has 0 saturated carbocycles. The lowest BCUT2D eigenvalue weighted by Crippen LogP contribution is -2.28. The molecule has 5 heteroatoms. The van der Waals surface area contributed by atoms with Crippen LogP contribution in [0.5, 0.6) is 5.75 Å². The molecule has 1 aromatic heterocycles. The molecule has 0 radical (unpaired) electrons. The van der Waals surface area contributed by atoms with Crippen molar-refractivity contribution in [2.24, 2.45) is 5.84 Å². The predicted molar refractivity (Wildman–Crippen MR) is 80.7 cm³/mol. The summed E-state index contributed by atoms with van der Waals surface area (Å²) in [5, 5.41) is 4.91. The van der Waals surface area contributed by atoms with Gasteiger partial charge in [-0.2, -0.15) is 11.3 Å². The topological polar surface area (TPSA) is 47.3 Å². The van der Waals surface area contributed by atoms with Gasteiger partial charge in [0.05, 0.1) is 7.11 Å². The molecule has 1 heterocycles. The van der Waals surface area contributed by atoms with E-state index in [1.165, 1.54) is 5.56 Å². The molecule has 2 aromatic rings. The van der Waals surface area contributed by atoms with E-state index in [0.29, 0.717) is 5.02 Å². The Hall–Kier alpha value is -1.07. The minimum Gasteiger partial charge on any atom is -0.496 e. The zero-order valence-electron chi connectivity index (χ0n) is 10.7. The Morgan fingerprint density at radius 3 is 2.89 bits per heavy atom. The summed E-state index contributed by atoms with van der Waals surface area (Å²) in [5.74, 6) is 6.43. The first-order valence-corrected chi connectivity index (χ1v) is 7.37. The number of thiophene rings is 1. The molecule has 0 bridgehead atoms. The van der Waals surface area contributed by atoms with Gasteiger partial charge in [-0.25, -0.2) is 0 Å². The minimum absolute atomic E-state index is 0.0483. The van der Waals surface area contributed by atoms with Gasteiger partial charge >= 0.3 is 0 Å². The van der Waals surface area contributed by atoms with Gasteiger partial charge in [-0.1, -0.05) is 17.7 Å². The van der Waals surface area contributed by atoms with Crippen molar-refractivity contribution in [1.82, 2.24) is 5.43 Å². The number of hydrazine groups is 1. The second-order valence-electron chi connectivity index (χ2n) is 4.28. The summed E-state index contributed by atoms with van der Waals surface area (Å²) in [6.45, 7) is 0. The summed E-state index contributed by atoms with van der Waals surface area (Å²) in [7, 11) is 1.64. The highest BCUT2D eigenvalue weighted by Crippen LogP contribution is 2.30. The molecule has 0 saturated heterocycles. The smallest absolute Gasteiger partial charge is 0.125 e. The lowest BCUT2D eigenvalue weighted by atomic mass is 10.00. The van der Waals surface area contributed by atoms with Crippen LogP contribution in [0.25, 0.3) is 0 Å². The Morgan fingerprint density at radius 1 is 1.42 bits per heavy atom. The van der Waals surface area contributed by atoms with Crippen LogP contribution in [0.4, 0.5) is 0 Å². The third kappa shape index (κ3) is 3.70. The average molecular weight is 297 g/mol. The summed E-state index contributed by atoms with van der Waals surface area (Å²) < 4.78 is 5.37. The number of hydrogen-bond donors (Lipinski definition) is 2.